The van der Waals surface area contributed by atoms with Gasteiger partial charge >= 0.3 is 6.03 Å². The Morgan fingerprint density at radius 3 is 2.64 bits per heavy atom. The maximum atomic E-state index is 12.0. The summed E-state index contributed by atoms with van der Waals surface area (Å²) in [5.41, 5.74) is 5.29. The minimum Gasteiger partial charge on any atom is -0.447 e. The zero-order chi connectivity index (χ0) is 20.1. The van der Waals surface area contributed by atoms with Crippen molar-refractivity contribution in [2.45, 2.75) is 23.8 Å². The summed E-state index contributed by atoms with van der Waals surface area (Å²) in [5, 5.41) is 8.05. The van der Waals surface area contributed by atoms with Crippen LogP contribution in [-0.4, -0.2) is 12.2 Å². The topological polar surface area (TPSA) is 66.6 Å². The van der Waals surface area contributed by atoms with E-state index in [1.807, 2.05) is 56.3 Å². The lowest BCUT2D eigenvalue weighted by atomic mass is 10.1. The first kappa shape index (κ1) is 20.5. The Morgan fingerprint density at radius 2 is 1.93 bits per heavy atom. The standard InChI is InChI=1S/C20H17BrClN3O2S/c1-12-3-8-18(13(2)9-12)24-20(26)25-23-11-15-10-17(21)19(27-15)28-16-6-4-14(22)5-7-16/h3-11H,1-2H3,(H2,24,25,26)/b23-11+. The molecule has 0 unspecified atom stereocenters. The van der Waals surface area contributed by atoms with Gasteiger partial charge in [-0.15, -0.1) is 0 Å². The lowest BCUT2D eigenvalue weighted by Crippen LogP contribution is -2.24. The van der Waals surface area contributed by atoms with E-state index in [1.165, 1.54) is 18.0 Å². The second-order valence-electron chi connectivity index (χ2n) is 5.98. The number of amides is 2. The summed E-state index contributed by atoms with van der Waals surface area (Å²) >= 11 is 10.8. The van der Waals surface area contributed by atoms with E-state index in [2.05, 4.69) is 31.8 Å². The van der Waals surface area contributed by atoms with Crippen molar-refractivity contribution in [3.8, 4) is 0 Å². The number of aryl methyl sites for hydroxylation is 2. The molecule has 0 aliphatic rings. The van der Waals surface area contributed by atoms with Gasteiger partial charge in [-0.3, -0.25) is 0 Å². The summed E-state index contributed by atoms with van der Waals surface area (Å²) in [7, 11) is 0. The first-order valence-electron chi connectivity index (χ1n) is 8.31. The Balaban J connectivity index is 1.58. The zero-order valence-electron chi connectivity index (χ0n) is 15.1. The maximum Gasteiger partial charge on any atom is 0.339 e. The molecule has 144 valence electrons. The van der Waals surface area contributed by atoms with E-state index in [0.717, 1.165) is 26.2 Å². The summed E-state index contributed by atoms with van der Waals surface area (Å²) in [6.45, 7) is 3.94. The fourth-order valence-corrected chi connectivity index (χ4v) is 3.83. The predicted molar refractivity (Wildman–Crippen MR) is 118 cm³/mol. The third kappa shape index (κ3) is 5.64. The lowest BCUT2D eigenvalue weighted by molar-refractivity contribution is 0.252. The molecule has 0 saturated carbocycles. The summed E-state index contributed by atoms with van der Waals surface area (Å²) in [6.07, 6.45) is 1.44. The minimum atomic E-state index is -0.426. The minimum absolute atomic E-state index is 0.426. The van der Waals surface area contributed by atoms with Crippen LogP contribution in [0.3, 0.4) is 0 Å². The predicted octanol–water partition coefficient (Wildman–Crippen LogP) is 6.62. The number of halogens is 2. The van der Waals surface area contributed by atoms with Gasteiger partial charge in [-0.2, -0.15) is 5.10 Å². The molecule has 0 atom stereocenters. The van der Waals surface area contributed by atoms with E-state index in [-0.39, 0.29) is 0 Å². The van der Waals surface area contributed by atoms with Crippen LogP contribution in [0.1, 0.15) is 16.9 Å². The van der Waals surface area contributed by atoms with Crippen molar-refractivity contribution in [1.82, 2.24) is 5.43 Å². The van der Waals surface area contributed by atoms with Gasteiger partial charge in [0, 0.05) is 21.7 Å². The largest absolute Gasteiger partial charge is 0.447 e. The van der Waals surface area contributed by atoms with Crippen molar-refractivity contribution >= 4 is 57.2 Å². The molecule has 1 heterocycles. The van der Waals surface area contributed by atoms with Crippen molar-refractivity contribution in [2.75, 3.05) is 5.32 Å². The van der Waals surface area contributed by atoms with Gasteiger partial charge in [0.2, 0.25) is 0 Å². The number of hydrogen-bond donors (Lipinski definition) is 2. The molecule has 0 aliphatic heterocycles. The summed E-state index contributed by atoms with van der Waals surface area (Å²) in [5.74, 6) is 0.509. The molecule has 1 aromatic heterocycles. The molecule has 3 aromatic rings. The molecule has 0 fully saturated rings. The number of rotatable bonds is 5. The number of benzene rings is 2. The summed E-state index contributed by atoms with van der Waals surface area (Å²) in [4.78, 5) is 13.0. The van der Waals surface area contributed by atoms with Crippen LogP contribution in [0.5, 0.6) is 0 Å². The third-order valence-corrected chi connectivity index (χ3v) is 5.79. The number of nitrogens with zero attached hydrogens (tertiary/aromatic N) is 1. The number of urea groups is 1. The van der Waals surface area contributed by atoms with Crippen LogP contribution in [0.15, 0.2) is 72.5 Å². The Morgan fingerprint density at radius 1 is 1.18 bits per heavy atom. The van der Waals surface area contributed by atoms with E-state index >= 15 is 0 Å². The van der Waals surface area contributed by atoms with Gasteiger partial charge in [0.05, 0.1) is 10.7 Å². The molecule has 28 heavy (non-hydrogen) atoms. The van der Waals surface area contributed by atoms with Crippen molar-refractivity contribution < 1.29 is 9.21 Å². The van der Waals surface area contributed by atoms with Crippen LogP contribution in [0.4, 0.5) is 10.5 Å². The second-order valence-corrected chi connectivity index (χ2v) is 8.32. The average Bonchev–Trinajstić information content (AvgIpc) is 2.99. The van der Waals surface area contributed by atoms with E-state index < -0.39 is 6.03 Å². The number of anilines is 1. The molecule has 2 amide bonds. The van der Waals surface area contributed by atoms with E-state index in [4.69, 9.17) is 16.0 Å². The fourth-order valence-electron chi connectivity index (χ4n) is 2.37. The number of furan rings is 1. The van der Waals surface area contributed by atoms with Crippen molar-refractivity contribution in [2.24, 2.45) is 5.10 Å². The molecule has 0 bridgehead atoms. The number of hydrogen-bond acceptors (Lipinski definition) is 4. The van der Waals surface area contributed by atoms with Crippen LogP contribution in [0.2, 0.25) is 5.02 Å². The van der Waals surface area contributed by atoms with Gasteiger partial charge in [-0.25, -0.2) is 10.2 Å². The Labute approximate surface area is 180 Å². The Bertz CT molecular complexity index is 1020. The Hall–Kier alpha value is -2.22. The molecule has 2 N–H and O–H groups in total. The molecule has 0 aliphatic carbocycles. The SMILES string of the molecule is Cc1ccc(NC(=O)N/N=C/c2cc(Br)c(Sc3ccc(Cl)cc3)o2)c(C)c1. The van der Waals surface area contributed by atoms with Gasteiger partial charge in [-0.1, -0.05) is 41.1 Å². The van der Waals surface area contributed by atoms with Crippen LogP contribution in [-0.2, 0) is 0 Å². The van der Waals surface area contributed by atoms with Crippen molar-refractivity contribution in [1.29, 1.82) is 0 Å². The van der Waals surface area contributed by atoms with Crippen molar-refractivity contribution in [3.63, 3.8) is 0 Å². The van der Waals surface area contributed by atoms with E-state index in [9.17, 15) is 4.79 Å². The number of hydrazone groups is 1. The van der Waals surface area contributed by atoms with Crippen LogP contribution in [0.25, 0.3) is 0 Å². The van der Waals surface area contributed by atoms with Crippen LogP contribution >= 0.6 is 39.3 Å². The molecule has 8 heteroatoms. The molecular weight excluding hydrogens is 462 g/mol. The van der Waals surface area contributed by atoms with Gasteiger partial charge in [0.25, 0.3) is 0 Å². The van der Waals surface area contributed by atoms with Crippen molar-refractivity contribution in [3.05, 3.63) is 74.9 Å². The zero-order valence-corrected chi connectivity index (χ0v) is 18.3. The first-order chi connectivity index (χ1) is 13.4. The number of carbonyl (C=O) groups excluding carboxylic acids is 1. The average molecular weight is 479 g/mol. The highest BCUT2D eigenvalue weighted by Gasteiger charge is 2.10. The fraction of sp³-hybridized carbons (Fsp3) is 0.100. The van der Waals surface area contributed by atoms with E-state index in [1.54, 1.807) is 6.07 Å². The van der Waals surface area contributed by atoms with Gasteiger partial charge in [-0.05, 0) is 65.7 Å². The molecule has 0 saturated heterocycles. The third-order valence-electron chi connectivity index (χ3n) is 3.69. The number of nitrogens with one attached hydrogen (secondary N) is 2. The van der Waals surface area contributed by atoms with E-state index in [0.29, 0.717) is 15.9 Å². The van der Waals surface area contributed by atoms with Crippen LogP contribution < -0.4 is 10.7 Å². The highest BCUT2D eigenvalue weighted by atomic mass is 79.9. The summed E-state index contributed by atoms with van der Waals surface area (Å²) in [6, 6.07) is 14.6. The lowest BCUT2D eigenvalue weighted by Gasteiger charge is -2.08. The van der Waals surface area contributed by atoms with Crippen LogP contribution in [0, 0.1) is 13.8 Å². The van der Waals surface area contributed by atoms with Gasteiger partial charge < -0.3 is 9.73 Å². The summed E-state index contributed by atoms with van der Waals surface area (Å²) < 4.78 is 6.54. The number of carbonyl (C=O) groups is 1. The highest BCUT2D eigenvalue weighted by Crippen LogP contribution is 2.35. The normalized spacial score (nSPS) is 11.0. The Kier molecular flexibility index (Phi) is 6.83. The smallest absolute Gasteiger partial charge is 0.339 e. The second kappa shape index (κ2) is 9.32. The molecule has 5 nitrogen and oxygen atoms in total. The first-order valence-corrected chi connectivity index (χ1v) is 10.3. The molecule has 0 spiro atoms. The van der Waals surface area contributed by atoms with Gasteiger partial charge in [0.1, 0.15) is 5.76 Å². The molecule has 3 rings (SSSR count). The molecular formula is C20H17BrClN3O2S. The molecule has 0 radical (unpaired) electrons. The highest BCUT2D eigenvalue weighted by molar-refractivity contribution is 9.10. The quantitative estimate of drug-likeness (QED) is 0.320. The van der Waals surface area contributed by atoms with Gasteiger partial charge in [0.15, 0.2) is 5.09 Å². The maximum absolute atomic E-state index is 12.0. The monoisotopic (exact) mass is 477 g/mol. The molecule has 2 aromatic carbocycles.